The third-order valence-electron chi connectivity index (χ3n) is 3.05. The highest BCUT2D eigenvalue weighted by atomic mass is 32.1. The van der Waals surface area contributed by atoms with Gasteiger partial charge in [0, 0.05) is 17.0 Å². The molecule has 116 valence electrons. The Morgan fingerprint density at radius 3 is 2.82 bits per heavy atom. The van der Waals surface area contributed by atoms with Crippen molar-refractivity contribution in [2.45, 2.75) is 13.5 Å². The Labute approximate surface area is 132 Å². The highest BCUT2D eigenvalue weighted by Crippen LogP contribution is 2.17. The van der Waals surface area contributed by atoms with Crippen molar-refractivity contribution in [3.8, 4) is 5.75 Å². The number of ether oxygens (including phenoxy) is 1. The lowest BCUT2D eigenvalue weighted by molar-refractivity contribution is -0.140. The van der Waals surface area contributed by atoms with E-state index in [0.717, 1.165) is 4.88 Å². The smallest absolute Gasteiger partial charge is 0.308 e. The Kier molecular flexibility index (Phi) is 5.55. The van der Waals surface area contributed by atoms with Crippen LogP contribution in [0.3, 0.4) is 0 Å². The van der Waals surface area contributed by atoms with E-state index in [1.165, 1.54) is 0 Å². The van der Waals surface area contributed by atoms with E-state index in [2.05, 4.69) is 5.32 Å². The summed E-state index contributed by atoms with van der Waals surface area (Å²) in [6, 6.07) is 10.8. The molecule has 22 heavy (non-hydrogen) atoms. The normalized spacial score (nSPS) is 11.7. The van der Waals surface area contributed by atoms with Gasteiger partial charge in [-0.15, -0.1) is 11.3 Å². The van der Waals surface area contributed by atoms with E-state index >= 15 is 0 Å². The lowest BCUT2D eigenvalue weighted by atomic mass is 10.1. The Balaban J connectivity index is 1.92. The van der Waals surface area contributed by atoms with Crippen LogP contribution in [0.4, 0.5) is 0 Å². The van der Waals surface area contributed by atoms with Crippen molar-refractivity contribution in [1.82, 2.24) is 5.32 Å². The first-order valence-corrected chi connectivity index (χ1v) is 7.70. The Morgan fingerprint density at radius 2 is 2.14 bits per heavy atom. The quantitative estimate of drug-likeness (QED) is 0.823. The van der Waals surface area contributed by atoms with E-state index < -0.39 is 11.9 Å². The van der Waals surface area contributed by atoms with Crippen LogP contribution in [0.15, 0.2) is 41.8 Å². The summed E-state index contributed by atoms with van der Waals surface area (Å²) < 4.78 is 5.64. The van der Waals surface area contributed by atoms with Gasteiger partial charge < -0.3 is 15.2 Å². The molecule has 0 saturated heterocycles. The first-order valence-electron chi connectivity index (χ1n) is 6.82. The molecule has 0 spiro atoms. The van der Waals surface area contributed by atoms with Crippen LogP contribution in [-0.2, 0) is 11.4 Å². The maximum Gasteiger partial charge on any atom is 0.308 e. The van der Waals surface area contributed by atoms with Crippen LogP contribution in [0, 0.1) is 5.92 Å². The Hall–Kier alpha value is -2.34. The highest BCUT2D eigenvalue weighted by molar-refractivity contribution is 7.09. The first kappa shape index (κ1) is 16.0. The van der Waals surface area contributed by atoms with Gasteiger partial charge in [0.25, 0.3) is 5.91 Å². The third kappa shape index (κ3) is 4.60. The molecular formula is C16H17NO4S. The molecule has 0 fully saturated rings. The molecule has 1 atom stereocenters. The summed E-state index contributed by atoms with van der Waals surface area (Å²) in [5, 5.41) is 13.4. The fourth-order valence-corrected chi connectivity index (χ4v) is 2.33. The number of benzene rings is 1. The molecule has 0 aliphatic carbocycles. The summed E-state index contributed by atoms with van der Waals surface area (Å²) in [4.78, 5) is 23.8. The summed E-state index contributed by atoms with van der Waals surface area (Å²) in [6.45, 7) is 2.09. The zero-order chi connectivity index (χ0) is 15.9. The summed E-state index contributed by atoms with van der Waals surface area (Å²) in [5.74, 6) is -1.27. The van der Waals surface area contributed by atoms with Gasteiger partial charge in [0.15, 0.2) is 0 Å². The lowest BCUT2D eigenvalue weighted by Gasteiger charge is -2.10. The molecule has 0 aliphatic rings. The first-order chi connectivity index (χ1) is 10.6. The molecule has 1 heterocycles. The molecule has 1 unspecified atom stereocenters. The number of rotatable bonds is 7. The Morgan fingerprint density at radius 1 is 1.32 bits per heavy atom. The van der Waals surface area contributed by atoms with Gasteiger partial charge in [-0.1, -0.05) is 19.1 Å². The summed E-state index contributed by atoms with van der Waals surface area (Å²) in [7, 11) is 0. The number of aliphatic carboxylic acids is 1. The minimum Gasteiger partial charge on any atom is -0.488 e. The molecular weight excluding hydrogens is 302 g/mol. The third-order valence-corrected chi connectivity index (χ3v) is 3.90. The molecule has 0 radical (unpaired) electrons. The van der Waals surface area contributed by atoms with Gasteiger partial charge in [0.05, 0.1) is 5.92 Å². The number of carboxylic acids is 1. The maximum absolute atomic E-state index is 12.0. The number of amides is 1. The minimum atomic E-state index is -0.937. The predicted octanol–water partition coefficient (Wildman–Crippen LogP) is 2.78. The van der Waals surface area contributed by atoms with Crippen LogP contribution >= 0.6 is 11.3 Å². The Bertz CT molecular complexity index is 639. The number of hydrogen-bond donors (Lipinski definition) is 2. The highest BCUT2D eigenvalue weighted by Gasteiger charge is 2.13. The van der Waals surface area contributed by atoms with Gasteiger partial charge >= 0.3 is 5.97 Å². The molecule has 0 aliphatic heterocycles. The van der Waals surface area contributed by atoms with Crippen molar-refractivity contribution in [2.24, 2.45) is 5.92 Å². The minimum absolute atomic E-state index is 0.0917. The van der Waals surface area contributed by atoms with Crippen LogP contribution in [0.1, 0.15) is 22.2 Å². The van der Waals surface area contributed by atoms with Gasteiger partial charge in [0.2, 0.25) is 0 Å². The van der Waals surface area contributed by atoms with Crippen LogP contribution in [0.5, 0.6) is 5.75 Å². The van der Waals surface area contributed by atoms with E-state index in [-0.39, 0.29) is 12.5 Å². The van der Waals surface area contributed by atoms with Crippen LogP contribution in [-0.4, -0.2) is 23.5 Å². The topological polar surface area (TPSA) is 75.6 Å². The average molecular weight is 319 g/mol. The van der Waals surface area contributed by atoms with Gasteiger partial charge in [-0.3, -0.25) is 9.59 Å². The summed E-state index contributed by atoms with van der Waals surface area (Å²) in [6.07, 6.45) is 0. The fourth-order valence-electron chi connectivity index (χ4n) is 1.71. The maximum atomic E-state index is 12.0. The molecule has 1 aromatic heterocycles. The van der Waals surface area contributed by atoms with Crippen molar-refractivity contribution in [3.63, 3.8) is 0 Å². The summed E-state index contributed by atoms with van der Waals surface area (Å²) >= 11 is 1.61. The zero-order valence-corrected chi connectivity index (χ0v) is 12.9. The number of hydrogen-bond acceptors (Lipinski definition) is 4. The van der Waals surface area contributed by atoms with Gasteiger partial charge in [-0.2, -0.15) is 0 Å². The van der Waals surface area contributed by atoms with Crippen molar-refractivity contribution < 1.29 is 19.4 Å². The molecule has 2 rings (SSSR count). The van der Waals surface area contributed by atoms with E-state index in [9.17, 15) is 9.59 Å². The second kappa shape index (κ2) is 7.61. The van der Waals surface area contributed by atoms with Gasteiger partial charge in [0.1, 0.15) is 12.4 Å². The molecule has 6 heteroatoms. The average Bonchev–Trinajstić information content (AvgIpc) is 3.03. The van der Waals surface area contributed by atoms with Crippen LogP contribution in [0.25, 0.3) is 0 Å². The number of carbonyl (C=O) groups excluding carboxylic acids is 1. The molecule has 5 nitrogen and oxygen atoms in total. The van der Waals surface area contributed by atoms with E-state index in [1.807, 2.05) is 17.5 Å². The molecule has 1 aromatic carbocycles. The monoisotopic (exact) mass is 319 g/mol. The molecule has 1 amide bonds. The van der Waals surface area contributed by atoms with Gasteiger partial charge in [-0.25, -0.2) is 0 Å². The van der Waals surface area contributed by atoms with Crippen molar-refractivity contribution in [1.29, 1.82) is 0 Å². The second-order valence-electron chi connectivity index (χ2n) is 4.85. The van der Waals surface area contributed by atoms with Crippen molar-refractivity contribution in [2.75, 3.05) is 6.54 Å². The van der Waals surface area contributed by atoms with Crippen molar-refractivity contribution in [3.05, 3.63) is 52.2 Å². The number of carboxylic acid groups (broad SMARTS) is 1. The summed E-state index contributed by atoms with van der Waals surface area (Å²) in [5.41, 5.74) is 0.446. The number of thiophene rings is 1. The van der Waals surface area contributed by atoms with Crippen LogP contribution < -0.4 is 10.1 Å². The van der Waals surface area contributed by atoms with E-state index in [1.54, 1.807) is 42.5 Å². The largest absolute Gasteiger partial charge is 0.488 e. The van der Waals surface area contributed by atoms with E-state index in [4.69, 9.17) is 9.84 Å². The van der Waals surface area contributed by atoms with Gasteiger partial charge in [-0.05, 0) is 29.6 Å². The fraction of sp³-hybridized carbons (Fsp3) is 0.250. The molecule has 2 aromatic rings. The standard InChI is InChI=1S/C16H17NO4S/c1-11(16(19)20)9-17-15(18)12-4-2-5-13(8-12)21-10-14-6-3-7-22-14/h2-8,11H,9-10H2,1H3,(H,17,18)(H,19,20). The van der Waals surface area contributed by atoms with Crippen molar-refractivity contribution >= 4 is 23.2 Å². The molecule has 2 N–H and O–H groups in total. The van der Waals surface area contributed by atoms with E-state index in [0.29, 0.717) is 17.9 Å². The number of carbonyl (C=O) groups is 2. The lowest BCUT2D eigenvalue weighted by Crippen LogP contribution is -2.31. The molecule has 0 saturated carbocycles. The zero-order valence-electron chi connectivity index (χ0n) is 12.1. The predicted molar refractivity (Wildman–Crippen MR) is 84.2 cm³/mol. The molecule has 0 bridgehead atoms. The number of nitrogens with one attached hydrogen (secondary N) is 1. The SMILES string of the molecule is CC(CNC(=O)c1cccc(OCc2cccs2)c1)C(=O)O. The second-order valence-corrected chi connectivity index (χ2v) is 5.88. The van der Waals surface area contributed by atoms with Crippen LogP contribution in [0.2, 0.25) is 0 Å².